The molecule has 0 saturated heterocycles. The number of carbonyl (C=O) groups excluding carboxylic acids is 1. The number of hydrogen-bond donors (Lipinski definition) is 2. The number of nitrogens with zero attached hydrogens (tertiary/aromatic N) is 6. The van der Waals surface area contributed by atoms with Crippen molar-refractivity contribution < 1.29 is 14.6 Å². The zero-order valence-corrected chi connectivity index (χ0v) is 19.7. The first kappa shape index (κ1) is 23.3. The highest BCUT2D eigenvalue weighted by Gasteiger charge is 2.22. The van der Waals surface area contributed by atoms with Gasteiger partial charge in [0.2, 0.25) is 0 Å². The second kappa shape index (κ2) is 9.27. The third-order valence-electron chi connectivity index (χ3n) is 5.69. The fourth-order valence-corrected chi connectivity index (χ4v) is 3.92. The molecule has 3 aromatic heterocycles. The minimum Gasteiger partial charge on any atom is -0.505 e. The molecule has 37 heavy (non-hydrogen) atoms. The monoisotopic (exact) mass is 493 g/mol. The van der Waals surface area contributed by atoms with Crippen molar-refractivity contribution in [3.8, 4) is 29.1 Å². The molecule has 2 aromatic carbocycles. The maximum Gasteiger partial charge on any atom is 0.281 e. The Kier molecular flexibility index (Phi) is 5.83. The lowest BCUT2D eigenvalue weighted by atomic mass is 10.1. The van der Waals surface area contributed by atoms with Crippen LogP contribution in [0.5, 0.6) is 11.5 Å². The van der Waals surface area contributed by atoms with Gasteiger partial charge in [-0.2, -0.15) is 24.8 Å². The Hall–Kier alpha value is -5.50. The number of aryl methyl sites for hydroxylation is 1. The van der Waals surface area contributed by atoms with Gasteiger partial charge in [0.25, 0.3) is 11.5 Å². The predicted molar refractivity (Wildman–Crippen MR) is 134 cm³/mol. The van der Waals surface area contributed by atoms with Crippen molar-refractivity contribution in [2.75, 3.05) is 12.4 Å². The quantitative estimate of drug-likeness (QED) is 0.379. The molecule has 11 heteroatoms. The third kappa shape index (κ3) is 4.12. The fraction of sp³-hybridized carbons (Fsp3) is 0.0769. The van der Waals surface area contributed by atoms with Crippen LogP contribution in [0.1, 0.15) is 21.6 Å². The van der Waals surface area contributed by atoms with Gasteiger partial charge in [-0.05, 0) is 36.8 Å². The molecule has 0 fully saturated rings. The normalized spacial score (nSPS) is 10.7. The standard InChI is InChI=1S/C26H19N7O4/c1-15-11-22(29-18-8-4-3-7-17(15)18)33-25(16(13-27)14-28-33)30-26(36)24-20(34)12-23(35)32(31-24)19-9-5-6-10-21(19)37-2/h3-12,14,34H,1-2H3,(H,30,36). The lowest BCUT2D eigenvalue weighted by molar-refractivity contribution is 0.101. The number of aromatic nitrogens is 5. The number of pyridine rings is 1. The molecule has 5 aromatic rings. The summed E-state index contributed by atoms with van der Waals surface area (Å²) in [5, 5.41) is 31.9. The van der Waals surface area contributed by atoms with Crippen molar-refractivity contribution in [3.05, 3.63) is 94.0 Å². The lowest BCUT2D eigenvalue weighted by Gasteiger charge is -2.13. The van der Waals surface area contributed by atoms with Crippen LogP contribution in [0.15, 0.2) is 71.7 Å². The van der Waals surface area contributed by atoms with Crippen molar-refractivity contribution in [2.45, 2.75) is 6.92 Å². The summed E-state index contributed by atoms with van der Waals surface area (Å²) in [4.78, 5) is 30.4. The van der Waals surface area contributed by atoms with Gasteiger partial charge in [-0.25, -0.2) is 4.98 Å². The highest BCUT2D eigenvalue weighted by atomic mass is 16.5. The fourth-order valence-electron chi connectivity index (χ4n) is 3.92. The van der Waals surface area contributed by atoms with Crippen molar-refractivity contribution in [2.24, 2.45) is 0 Å². The van der Waals surface area contributed by atoms with Crippen LogP contribution in [-0.2, 0) is 0 Å². The van der Waals surface area contributed by atoms with Crippen LogP contribution in [0.2, 0.25) is 0 Å². The van der Waals surface area contributed by atoms with Gasteiger partial charge in [0.15, 0.2) is 23.1 Å². The summed E-state index contributed by atoms with van der Waals surface area (Å²) >= 11 is 0. The van der Waals surface area contributed by atoms with E-state index >= 15 is 0 Å². The molecule has 0 aliphatic rings. The molecule has 0 saturated carbocycles. The van der Waals surface area contributed by atoms with E-state index in [2.05, 4.69) is 20.5 Å². The summed E-state index contributed by atoms with van der Waals surface area (Å²) in [6.07, 6.45) is 1.30. The van der Waals surface area contributed by atoms with Crippen molar-refractivity contribution >= 4 is 22.6 Å². The Bertz CT molecular complexity index is 1780. The van der Waals surface area contributed by atoms with Gasteiger partial charge >= 0.3 is 0 Å². The van der Waals surface area contributed by atoms with Crippen LogP contribution in [0.3, 0.4) is 0 Å². The second-order valence-electron chi connectivity index (χ2n) is 8.00. The number of amides is 1. The number of nitrogens with one attached hydrogen (secondary N) is 1. The zero-order valence-electron chi connectivity index (χ0n) is 19.7. The molecule has 182 valence electrons. The topological polar surface area (TPSA) is 148 Å². The van der Waals surface area contributed by atoms with Crippen LogP contribution < -0.4 is 15.6 Å². The Morgan fingerprint density at radius 3 is 2.65 bits per heavy atom. The lowest BCUT2D eigenvalue weighted by Crippen LogP contribution is -2.26. The SMILES string of the molecule is COc1ccccc1-n1nc(C(=O)Nc2c(C#N)cnn2-c2cc(C)c3ccccc3n2)c(O)cc1=O. The first-order valence-electron chi connectivity index (χ1n) is 11.0. The summed E-state index contributed by atoms with van der Waals surface area (Å²) in [5.74, 6) is -0.735. The Labute approximate surface area is 209 Å². The minimum absolute atomic E-state index is 0.0333. The van der Waals surface area contributed by atoms with Gasteiger partial charge in [-0.3, -0.25) is 9.59 Å². The predicted octanol–water partition coefficient (Wildman–Crippen LogP) is 3.11. The maximum atomic E-state index is 13.3. The molecule has 0 bridgehead atoms. The van der Waals surface area contributed by atoms with E-state index in [4.69, 9.17) is 4.74 Å². The van der Waals surface area contributed by atoms with Crippen LogP contribution in [-0.4, -0.2) is 42.7 Å². The van der Waals surface area contributed by atoms with E-state index in [1.807, 2.05) is 37.3 Å². The minimum atomic E-state index is -0.864. The summed E-state index contributed by atoms with van der Waals surface area (Å²) in [6, 6.07) is 18.8. The largest absolute Gasteiger partial charge is 0.505 e. The van der Waals surface area contributed by atoms with E-state index < -0.39 is 22.9 Å². The number of fused-ring (bicyclic) bond motifs is 1. The van der Waals surface area contributed by atoms with Gasteiger partial charge in [-0.15, -0.1) is 0 Å². The molecule has 0 unspecified atom stereocenters. The molecule has 0 atom stereocenters. The number of rotatable bonds is 5. The number of nitriles is 1. The molecule has 5 rings (SSSR count). The van der Waals surface area contributed by atoms with Crippen molar-refractivity contribution in [3.63, 3.8) is 0 Å². The van der Waals surface area contributed by atoms with Crippen LogP contribution in [0, 0.1) is 18.3 Å². The van der Waals surface area contributed by atoms with Crippen LogP contribution >= 0.6 is 0 Å². The Balaban J connectivity index is 1.58. The highest BCUT2D eigenvalue weighted by Crippen LogP contribution is 2.25. The molecule has 0 radical (unpaired) electrons. The van der Waals surface area contributed by atoms with Gasteiger partial charge in [-0.1, -0.05) is 30.3 Å². The van der Waals surface area contributed by atoms with E-state index in [1.165, 1.54) is 18.0 Å². The first-order valence-corrected chi connectivity index (χ1v) is 11.0. The second-order valence-corrected chi connectivity index (χ2v) is 8.00. The molecule has 11 nitrogen and oxygen atoms in total. The molecular formula is C26H19N7O4. The molecular weight excluding hydrogens is 474 g/mol. The molecule has 0 spiro atoms. The van der Waals surface area contributed by atoms with E-state index in [9.17, 15) is 20.0 Å². The van der Waals surface area contributed by atoms with E-state index in [0.717, 1.165) is 21.7 Å². The smallest absolute Gasteiger partial charge is 0.281 e. The summed E-state index contributed by atoms with van der Waals surface area (Å²) < 4.78 is 7.56. The van der Waals surface area contributed by atoms with E-state index in [-0.39, 0.29) is 17.1 Å². The summed E-state index contributed by atoms with van der Waals surface area (Å²) in [7, 11) is 1.44. The van der Waals surface area contributed by atoms with Gasteiger partial charge in [0.1, 0.15) is 23.1 Å². The number of methoxy groups -OCH3 is 1. The third-order valence-corrected chi connectivity index (χ3v) is 5.69. The molecule has 0 aliphatic heterocycles. The van der Waals surface area contributed by atoms with Crippen LogP contribution in [0.4, 0.5) is 5.82 Å². The number of ether oxygens (including phenoxy) is 1. The van der Waals surface area contributed by atoms with Crippen molar-refractivity contribution in [1.29, 1.82) is 5.26 Å². The van der Waals surface area contributed by atoms with E-state index in [0.29, 0.717) is 17.1 Å². The summed E-state index contributed by atoms with van der Waals surface area (Å²) in [6.45, 7) is 1.92. The van der Waals surface area contributed by atoms with Gasteiger partial charge in [0, 0.05) is 11.5 Å². The average molecular weight is 493 g/mol. The number of para-hydroxylation sites is 3. The zero-order chi connectivity index (χ0) is 26.1. The van der Waals surface area contributed by atoms with Crippen molar-refractivity contribution in [1.82, 2.24) is 24.5 Å². The summed E-state index contributed by atoms with van der Waals surface area (Å²) in [5.41, 5.74) is 0.880. The molecule has 0 aliphatic carbocycles. The molecule has 2 N–H and O–H groups in total. The van der Waals surface area contributed by atoms with E-state index in [1.54, 1.807) is 30.3 Å². The first-order chi connectivity index (χ1) is 17.9. The number of carbonyl (C=O) groups is 1. The number of hydrogen-bond acceptors (Lipinski definition) is 8. The Morgan fingerprint density at radius 1 is 1.11 bits per heavy atom. The number of benzene rings is 2. The average Bonchev–Trinajstić information content (AvgIpc) is 3.31. The number of anilines is 1. The molecule has 1 amide bonds. The number of aromatic hydroxyl groups is 1. The maximum absolute atomic E-state index is 13.3. The van der Waals surface area contributed by atoms with Crippen LogP contribution in [0.25, 0.3) is 22.4 Å². The van der Waals surface area contributed by atoms with Gasteiger partial charge in [0.05, 0.1) is 18.8 Å². The van der Waals surface area contributed by atoms with Gasteiger partial charge < -0.3 is 15.2 Å². The Morgan fingerprint density at radius 2 is 1.86 bits per heavy atom. The highest BCUT2D eigenvalue weighted by molar-refractivity contribution is 6.04. The molecule has 3 heterocycles.